The Kier molecular flexibility index (Phi) is 2.02. The summed E-state index contributed by atoms with van der Waals surface area (Å²) in [6.45, 7) is 4.25. The fraction of sp³-hybridized carbons (Fsp3) is 0.467. The Hall–Kier alpha value is -1.08. The molecule has 0 amide bonds. The number of benzene rings is 1. The maximum absolute atomic E-state index is 6.29. The van der Waals surface area contributed by atoms with Gasteiger partial charge in [-0.15, -0.1) is 0 Å². The molecule has 1 aromatic rings. The Balaban J connectivity index is 2.45. The molecule has 16 heavy (non-hydrogen) atoms. The van der Waals surface area contributed by atoms with Gasteiger partial charge in [0.15, 0.2) is 0 Å². The number of rotatable bonds is 1. The summed E-state index contributed by atoms with van der Waals surface area (Å²) in [5, 5.41) is 2.98. The van der Waals surface area contributed by atoms with Gasteiger partial charge in [-0.25, -0.2) is 0 Å². The summed E-state index contributed by atoms with van der Waals surface area (Å²) in [5.74, 6) is 0. The maximum Gasteiger partial charge on any atom is 0.0320 e. The largest absolute Gasteiger partial charge is 0.322 e. The molecular weight excluding hydrogens is 194 g/mol. The summed E-state index contributed by atoms with van der Waals surface area (Å²) >= 11 is 0. The average molecular weight is 213 g/mol. The highest BCUT2D eigenvalue weighted by Crippen LogP contribution is 2.27. The van der Waals surface area contributed by atoms with Crippen LogP contribution in [0.4, 0.5) is 0 Å². The van der Waals surface area contributed by atoms with Gasteiger partial charge in [-0.1, -0.05) is 23.8 Å². The van der Waals surface area contributed by atoms with Crippen molar-refractivity contribution in [1.29, 1.82) is 0 Å². The van der Waals surface area contributed by atoms with Crippen molar-refractivity contribution in [2.75, 3.05) is 0 Å². The number of hydrogen-bond donors (Lipinski definition) is 1. The van der Waals surface area contributed by atoms with E-state index in [0.717, 1.165) is 6.42 Å². The predicted molar refractivity (Wildman–Crippen MR) is 68.3 cm³/mol. The van der Waals surface area contributed by atoms with Crippen LogP contribution in [0.2, 0.25) is 0 Å². The van der Waals surface area contributed by atoms with Gasteiger partial charge in [-0.3, -0.25) is 0 Å². The van der Waals surface area contributed by atoms with E-state index in [1.54, 1.807) is 10.8 Å². The first kappa shape index (κ1) is 10.1. The van der Waals surface area contributed by atoms with Crippen molar-refractivity contribution in [3.63, 3.8) is 0 Å². The van der Waals surface area contributed by atoms with E-state index in [1.165, 1.54) is 35.6 Å². The molecule has 0 saturated heterocycles. The molecule has 1 nitrogen and oxygen atoms in total. The van der Waals surface area contributed by atoms with E-state index in [4.69, 9.17) is 5.73 Å². The van der Waals surface area contributed by atoms with Crippen LogP contribution >= 0.6 is 0 Å². The van der Waals surface area contributed by atoms with Crippen molar-refractivity contribution in [3.05, 3.63) is 34.2 Å². The molecule has 0 fully saturated rings. The van der Waals surface area contributed by atoms with Crippen LogP contribution in [-0.2, 0) is 6.42 Å². The van der Waals surface area contributed by atoms with Crippen molar-refractivity contribution in [3.8, 4) is 0 Å². The van der Waals surface area contributed by atoms with Crippen molar-refractivity contribution in [2.45, 2.75) is 45.1 Å². The minimum atomic E-state index is -0.177. The van der Waals surface area contributed by atoms with E-state index < -0.39 is 0 Å². The Bertz CT molecular complexity index is 558. The van der Waals surface area contributed by atoms with Crippen molar-refractivity contribution in [2.24, 2.45) is 5.73 Å². The molecular formula is C15H19N. The molecule has 0 radical (unpaired) electrons. The van der Waals surface area contributed by atoms with E-state index in [2.05, 4.69) is 32.0 Å². The predicted octanol–water partition coefficient (Wildman–Crippen LogP) is 1.47. The first-order valence-corrected chi connectivity index (χ1v) is 6.20. The van der Waals surface area contributed by atoms with E-state index in [-0.39, 0.29) is 5.54 Å². The smallest absolute Gasteiger partial charge is 0.0320 e. The molecule has 84 valence electrons. The highest BCUT2D eigenvalue weighted by Gasteiger charge is 2.24. The third kappa shape index (κ3) is 1.35. The molecule has 2 aliphatic carbocycles. The van der Waals surface area contributed by atoms with E-state index in [1.807, 2.05) is 0 Å². The zero-order valence-corrected chi connectivity index (χ0v) is 10.1. The van der Waals surface area contributed by atoms with Gasteiger partial charge in [0.1, 0.15) is 0 Å². The molecule has 0 saturated carbocycles. The van der Waals surface area contributed by atoms with Crippen molar-refractivity contribution < 1.29 is 0 Å². The third-order valence-corrected chi connectivity index (χ3v) is 3.98. The van der Waals surface area contributed by atoms with Crippen LogP contribution in [0.5, 0.6) is 0 Å². The molecule has 0 atom stereocenters. The highest BCUT2D eigenvalue weighted by atomic mass is 14.7. The summed E-state index contributed by atoms with van der Waals surface area (Å²) in [6, 6.07) is 6.72. The second-order valence-corrected chi connectivity index (χ2v) is 5.64. The van der Waals surface area contributed by atoms with Crippen molar-refractivity contribution >= 4 is 11.1 Å². The number of aryl methyl sites for hydroxylation is 1. The minimum Gasteiger partial charge on any atom is -0.322 e. The fourth-order valence-corrected chi connectivity index (χ4v) is 3.22. The minimum absolute atomic E-state index is 0.177. The molecule has 1 aromatic carbocycles. The van der Waals surface area contributed by atoms with Crippen LogP contribution in [0, 0.1) is 0 Å². The Labute approximate surface area is 96.7 Å². The van der Waals surface area contributed by atoms with Gasteiger partial charge in [0.2, 0.25) is 0 Å². The van der Waals surface area contributed by atoms with Gasteiger partial charge in [-0.2, -0.15) is 0 Å². The van der Waals surface area contributed by atoms with Gasteiger partial charge in [-0.05, 0) is 61.1 Å². The fourth-order valence-electron chi connectivity index (χ4n) is 3.22. The third-order valence-electron chi connectivity index (χ3n) is 3.98. The zero-order chi connectivity index (χ0) is 11.3. The lowest BCUT2D eigenvalue weighted by Gasteiger charge is -2.26. The quantitative estimate of drug-likeness (QED) is 0.751. The zero-order valence-electron chi connectivity index (χ0n) is 10.1. The number of nitrogens with two attached hydrogens (primary N) is 1. The lowest BCUT2D eigenvalue weighted by Crippen LogP contribution is -2.43. The molecule has 0 heterocycles. The molecule has 2 aliphatic rings. The molecule has 0 aromatic heterocycles. The SMILES string of the molecule is CC(C)(N)C1=c2cccc3c2=C(CC1)CC3. The molecule has 0 bridgehead atoms. The summed E-state index contributed by atoms with van der Waals surface area (Å²) in [5.41, 5.74) is 10.8. The van der Waals surface area contributed by atoms with Crippen molar-refractivity contribution in [1.82, 2.24) is 0 Å². The lowest BCUT2D eigenvalue weighted by atomic mass is 9.84. The van der Waals surface area contributed by atoms with Gasteiger partial charge in [0.25, 0.3) is 0 Å². The Morgan fingerprint density at radius 1 is 1.06 bits per heavy atom. The standard InChI is InChI=1S/C15H19N/c1-15(2,16)13-9-8-11-7-6-10-4-3-5-12(13)14(10)11/h3-5H,6-9,16H2,1-2H3. The Morgan fingerprint density at radius 3 is 2.56 bits per heavy atom. The molecule has 1 heteroatoms. The second kappa shape index (κ2) is 3.21. The molecule has 3 rings (SSSR count). The lowest BCUT2D eigenvalue weighted by molar-refractivity contribution is 0.644. The second-order valence-electron chi connectivity index (χ2n) is 5.64. The number of hydrogen-bond acceptors (Lipinski definition) is 1. The van der Waals surface area contributed by atoms with E-state index in [9.17, 15) is 0 Å². The van der Waals surface area contributed by atoms with Gasteiger partial charge >= 0.3 is 0 Å². The normalized spacial score (nSPS) is 18.9. The monoisotopic (exact) mass is 213 g/mol. The van der Waals surface area contributed by atoms with Crippen LogP contribution in [-0.4, -0.2) is 5.54 Å². The van der Waals surface area contributed by atoms with E-state index >= 15 is 0 Å². The maximum atomic E-state index is 6.29. The van der Waals surface area contributed by atoms with Crippen LogP contribution in [0.15, 0.2) is 18.2 Å². The first-order valence-electron chi connectivity index (χ1n) is 6.20. The average Bonchev–Trinajstić information content (AvgIpc) is 2.63. The van der Waals surface area contributed by atoms with Gasteiger partial charge < -0.3 is 5.73 Å². The van der Waals surface area contributed by atoms with Gasteiger partial charge in [0, 0.05) is 5.54 Å². The van der Waals surface area contributed by atoms with E-state index in [0.29, 0.717) is 0 Å². The Morgan fingerprint density at radius 2 is 1.81 bits per heavy atom. The van der Waals surface area contributed by atoms with Crippen LogP contribution in [0.1, 0.15) is 38.7 Å². The topological polar surface area (TPSA) is 26.0 Å². The van der Waals surface area contributed by atoms with Crippen LogP contribution < -0.4 is 16.2 Å². The molecule has 2 N–H and O–H groups in total. The summed E-state index contributed by atoms with van der Waals surface area (Å²) in [6.07, 6.45) is 4.87. The first-order chi connectivity index (χ1) is 7.57. The van der Waals surface area contributed by atoms with Gasteiger partial charge in [0.05, 0.1) is 0 Å². The summed E-state index contributed by atoms with van der Waals surface area (Å²) in [7, 11) is 0. The van der Waals surface area contributed by atoms with Crippen LogP contribution in [0.25, 0.3) is 11.1 Å². The summed E-state index contributed by atoms with van der Waals surface area (Å²) < 4.78 is 0. The molecule has 0 aliphatic heterocycles. The molecule has 0 spiro atoms. The molecule has 0 unspecified atom stereocenters. The summed E-state index contributed by atoms with van der Waals surface area (Å²) in [4.78, 5) is 0. The van der Waals surface area contributed by atoms with Crippen LogP contribution in [0.3, 0.4) is 0 Å². The highest BCUT2D eigenvalue weighted by molar-refractivity contribution is 5.65.